The molecular formula is C16H21N3. The molecule has 0 radical (unpaired) electrons. The van der Waals surface area contributed by atoms with Crippen LogP contribution in [-0.2, 0) is 0 Å². The van der Waals surface area contributed by atoms with E-state index in [1.54, 1.807) is 0 Å². The van der Waals surface area contributed by atoms with E-state index in [-0.39, 0.29) is 6.04 Å². The third-order valence-electron chi connectivity index (χ3n) is 3.23. The number of aryl methyl sites for hydroxylation is 1. The second kappa shape index (κ2) is 6.45. The van der Waals surface area contributed by atoms with Crippen LogP contribution in [0.5, 0.6) is 0 Å². The summed E-state index contributed by atoms with van der Waals surface area (Å²) in [6.07, 6.45) is 2.86. The van der Waals surface area contributed by atoms with E-state index < -0.39 is 0 Å². The number of nitrogens with two attached hydrogens (primary N) is 1. The van der Waals surface area contributed by atoms with Crippen LogP contribution in [0.1, 0.15) is 23.7 Å². The first-order valence-corrected chi connectivity index (χ1v) is 6.66. The van der Waals surface area contributed by atoms with Crippen molar-refractivity contribution in [1.82, 2.24) is 10.3 Å². The summed E-state index contributed by atoms with van der Waals surface area (Å²) < 4.78 is 0. The van der Waals surface area contributed by atoms with Gasteiger partial charge in [0.05, 0.1) is 5.52 Å². The van der Waals surface area contributed by atoms with Gasteiger partial charge in [-0.15, -0.1) is 6.58 Å². The van der Waals surface area contributed by atoms with Crippen LogP contribution in [0.2, 0.25) is 0 Å². The first-order chi connectivity index (χ1) is 9.24. The summed E-state index contributed by atoms with van der Waals surface area (Å²) in [5.41, 5.74) is 9.14. The molecule has 19 heavy (non-hydrogen) atoms. The highest BCUT2D eigenvalue weighted by Crippen LogP contribution is 2.19. The summed E-state index contributed by atoms with van der Waals surface area (Å²) in [5.74, 6) is 0. The maximum atomic E-state index is 5.85. The summed E-state index contributed by atoms with van der Waals surface area (Å²) >= 11 is 0. The van der Waals surface area contributed by atoms with Crippen LogP contribution in [0.4, 0.5) is 0 Å². The Labute approximate surface area is 114 Å². The number of aromatic nitrogens is 1. The van der Waals surface area contributed by atoms with Crippen molar-refractivity contribution >= 4 is 10.9 Å². The van der Waals surface area contributed by atoms with Gasteiger partial charge in [-0.1, -0.05) is 18.2 Å². The van der Waals surface area contributed by atoms with Gasteiger partial charge in [0.1, 0.15) is 0 Å². The Bertz CT molecular complexity index is 563. The maximum absolute atomic E-state index is 5.85. The standard InChI is InChI=1S/C16H21N3/c1-3-4-9-18-16(11-17)14-7-8-15-13(10-14)6-5-12(2)19-15/h3,5-8,10,16,18H,1,4,9,11,17H2,2H3. The molecule has 3 N–H and O–H groups in total. The Morgan fingerprint density at radius 3 is 2.95 bits per heavy atom. The number of nitrogens with one attached hydrogen (secondary N) is 1. The molecule has 0 spiro atoms. The molecule has 0 fully saturated rings. The molecule has 1 aromatic carbocycles. The van der Waals surface area contributed by atoms with Crippen molar-refractivity contribution in [3.63, 3.8) is 0 Å². The number of hydrogen-bond donors (Lipinski definition) is 2. The van der Waals surface area contributed by atoms with Gasteiger partial charge in [-0.2, -0.15) is 0 Å². The van der Waals surface area contributed by atoms with Gasteiger partial charge in [0, 0.05) is 23.7 Å². The number of fused-ring (bicyclic) bond motifs is 1. The SMILES string of the molecule is C=CCCNC(CN)c1ccc2nc(C)ccc2c1. The molecule has 0 saturated heterocycles. The lowest BCUT2D eigenvalue weighted by atomic mass is 10.0. The van der Waals surface area contributed by atoms with Crippen LogP contribution < -0.4 is 11.1 Å². The first-order valence-electron chi connectivity index (χ1n) is 6.66. The lowest BCUT2D eigenvalue weighted by Crippen LogP contribution is -2.28. The summed E-state index contributed by atoms with van der Waals surface area (Å²) in [6, 6.07) is 10.7. The molecule has 100 valence electrons. The second-order valence-electron chi connectivity index (χ2n) is 4.72. The van der Waals surface area contributed by atoms with Gasteiger partial charge in [0.15, 0.2) is 0 Å². The average molecular weight is 255 g/mol. The number of benzene rings is 1. The van der Waals surface area contributed by atoms with Crippen molar-refractivity contribution in [1.29, 1.82) is 0 Å². The first kappa shape index (κ1) is 13.7. The molecule has 3 heteroatoms. The molecule has 0 bridgehead atoms. The fourth-order valence-electron chi connectivity index (χ4n) is 2.16. The minimum absolute atomic E-state index is 0.186. The Hall–Kier alpha value is -1.71. The zero-order chi connectivity index (χ0) is 13.7. The number of hydrogen-bond acceptors (Lipinski definition) is 3. The zero-order valence-electron chi connectivity index (χ0n) is 11.4. The Balaban J connectivity index is 2.23. The number of nitrogens with zero attached hydrogens (tertiary/aromatic N) is 1. The highest BCUT2D eigenvalue weighted by molar-refractivity contribution is 5.79. The number of rotatable bonds is 6. The second-order valence-corrected chi connectivity index (χ2v) is 4.72. The van der Waals surface area contributed by atoms with Crippen LogP contribution in [-0.4, -0.2) is 18.1 Å². The van der Waals surface area contributed by atoms with Gasteiger partial charge < -0.3 is 11.1 Å². The lowest BCUT2D eigenvalue weighted by molar-refractivity contribution is 0.549. The van der Waals surface area contributed by atoms with Crippen LogP contribution in [0.25, 0.3) is 10.9 Å². The van der Waals surface area contributed by atoms with Gasteiger partial charge in [0.2, 0.25) is 0 Å². The van der Waals surface area contributed by atoms with E-state index in [1.807, 2.05) is 19.1 Å². The fraction of sp³-hybridized carbons (Fsp3) is 0.312. The van der Waals surface area contributed by atoms with E-state index in [0.29, 0.717) is 6.54 Å². The molecule has 0 aliphatic rings. The minimum Gasteiger partial charge on any atom is -0.329 e. The Kier molecular flexibility index (Phi) is 4.66. The fourth-order valence-corrected chi connectivity index (χ4v) is 2.16. The summed E-state index contributed by atoms with van der Waals surface area (Å²) in [6.45, 7) is 7.22. The minimum atomic E-state index is 0.186. The quantitative estimate of drug-likeness (QED) is 0.616. The van der Waals surface area contributed by atoms with E-state index >= 15 is 0 Å². The van der Waals surface area contributed by atoms with Gasteiger partial charge in [-0.25, -0.2) is 0 Å². The molecule has 2 rings (SSSR count). The van der Waals surface area contributed by atoms with E-state index in [9.17, 15) is 0 Å². The molecule has 0 aliphatic carbocycles. The molecule has 1 unspecified atom stereocenters. The molecule has 3 nitrogen and oxygen atoms in total. The zero-order valence-corrected chi connectivity index (χ0v) is 11.4. The highest BCUT2D eigenvalue weighted by Gasteiger charge is 2.09. The maximum Gasteiger partial charge on any atom is 0.0705 e. The summed E-state index contributed by atoms with van der Waals surface area (Å²) in [5, 5.41) is 4.61. The molecule has 1 aromatic heterocycles. The average Bonchev–Trinajstić information content (AvgIpc) is 2.43. The van der Waals surface area contributed by atoms with E-state index in [2.05, 4.69) is 41.1 Å². The van der Waals surface area contributed by atoms with Crippen LogP contribution in [0.3, 0.4) is 0 Å². The summed E-state index contributed by atoms with van der Waals surface area (Å²) in [7, 11) is 0. The topological polar surface area (TPSA) is 50.9 Å². The highest BCUT2D eigenvalue weighted by atomic mass is 14.9. The van der Waals surface area contributed by atoms with E-state index in [0.717, 1.165) is 29.6 Å². The lowest BCUT2D eigenvalue weighted by Gasteiger charge is -2.17. The smallest absolute Gasteiger partial charge is 0.0705 e. The normalized spacial score (nSPS) is 12.5. The Morgan fingerprint density at radius 2 is 2.21 bits per heavy atom. The predicted octanol–water partition coefficient (Wildman–Crippen LogP) is 2.71. The van der Waals surface area contributed by atoms with Crippen LogP contribution in [0, 0.1) is 6.92 Å². The summed E-state index contributed by atoms with van der Waals surface area (Å²) in [4.78, 5) is 4.51. The largest absolute Gasteiger partial charge is 0.329 e. The van der Waals surface area contributed by atoms with Crippen molar-refractivity contribution in [3.8, 4) is 0 Å². The van der Waals surface area contributed by atoms with Gasteiger partial charge in [-0.05, 0) is 43.7 Å². The van der Waals surface area contributed by atoms with Crippen molar-refractivity contribution in [2.75, 3.05) is 13.1 Å². The molecule has 0 saturated carbocycles. The van der Waals surface area contributed by atoms with Gasteiger partial charge in [0.25, 0.3) is 0 Å². The predicted molar refractivity (Wildman–Crippen MR) is 81.1 cm³/mol. The molecule has 0 aliphatic heterocycles. The third-order valence-corrected chi connectivity index (χ3v) is 3.23. The molecule has 2 aromatic rings. The number of pyridine rings is 1. The van der Waals surface area contributed by atoms with Crippen LogP contribution in [0.15, 0.2) is 43.0 Å². The van der Waals surface area contributed by atoms with Crippen molar-refractivity contribution in [2.45, 2.75) is 19.4 Å². The van der Waals surface area contributed by atoms with E-state index in [1.165, 1.54) is 5.56 Å². The molecule has 1 heterocycles. The Morgan fingerprint density at radius 1 is 1.37 bits per heavy atom. The molecular weight excluding hydrogens is 234 g/mol. The van der Waals surface area contributed by atoms with Crippen LogP contribution >= 0.6 is 0 Å². The van der Waals surface area contributed by atoms with Crippen molar-refractivity contribution in [3.05, 3.63) is 54.2 Å². The monoisotopic (exact) mass is 255 g/mol. The molecule has 1 atom stereocenters. The third kappa shape index (κ3) is 3.40. The van der Waals surface area contributed by atoms with Gasteiger partial charge >= 0.3 is 0 Å². The molecule has 0 amide bonds. The van der Waals surface area contributed by atoms with Gasteiger partial charge in [-0.3, -0.25) is 4.98 Å². The van der Waals surface area contributed by atoms with E-state index in [4.69, 9.17) is 5.73 Å². The van der Waals surface area contributed by atoms with Crippen molar-refractivity contribution < 1.29 is 0 Å². The van der Waals surface area contributed by atoms with Crippen molar-refractivity contribution in [2.24, 2.45) is 5.73 Å².